The maximum atomic E-state index is 11.7. The number of hydrogen-bond acceptors (Lipinski definition) is 8. The van der Waals surface area contributed by atoms with Crippen LogP contribution in [0.4, 0.5) is 23.1 Å². The Hall–Kier alpha value is -2.91. The Labute approximate surface area is 159 Å². The number of aromatic nitrogens is 2. The van der Waals surface area contributed by atoms with Crippen LogP contribution >= 0.6 is 0 Å². The first-order chi connectivity index (χ1) is 12.8. The van der Waals surface area contributed by atoms with E-state index in [1.54, 1.807) is 7.11 Å². The van der Waals surface area contributed by atoms with Crippen molar-refractivity contribution in [1.29, 1.82) is 0 Å². The number of methoxy groups -OCH3 is 1. The first kappa shape index (κ1) is 20.4. The Morgan fingerprint density at radius 3 is 2.70 bits per heavy atom. The van der Waals surface area contributed by atoms with Crippen molar-refractivity contribution in [1.82, 2.24) is 9.97 Å². The zero-order valence-electron chi connectivity index (χ0n) is 16.1. The summed E-state index contributed by atoms with van der Waals surface area (Å²) in [5.41, 5.74) is 14.5. The van der Waals surface area contributed by atoms with E-state index in [4.69, 9.17) is 16.2 Å². The molecule has 0 aliphatic heterocycles. The van der Waals surface area contributed by atoms with Crippen molar-refractivity contribution < 1.29 is 9.53 Å². The van der Waals surface area contributed by atoms with Crippen LogP contribution in [0.5, 0.6) is 0 Å². The third-order valence-electron chi connectivity index (χ3n) is 3.90. The van der Waals surface area contributed by atoms with Crippen molar-refractivity contribution in [2.24, 2.45) is 11.5 Å². The van der Waals surface area contributed by atoms with Crippen molar-refractivity contribution in [3.63, 3.8) is 0 Å². The van der Waals surface area contributed by atoms with Crippen LogP contribution in [0.3, 0.4) is 0 Å². The topological polar surface area (TPSA) is 131 Å². The fourth-order valence-electron chi connectivity index (χ4n) is 2.61. The zero-order valence-corrected chi connectivity index (χ0v) is 16.1. The zero-order chi connectivity index (χ0) is 20.0. The summed E-state index contributed by atoms with van der Waals surface area (Å²) in [6, 6.07) is 5.68. The van der Waals surface area contributed by atoms with E-state index in [1.807, 2.05) is 44.1 Å². The number of hydrogen-bond donors (Lipinski definition) is 4. The lowest BCUT2D eigenvalue weighted by Gasteiger charge is -2.17. The first-order valence-corrected chi connectivity index (χ1v) is 8.52. The summed E-state index contributed by atoms with van der Waals surface area (Å²) < 4.78 is 5.00. The first-order valence-electron chi connectivity index (χ1n) is 8.52. The molecule has 0 aliphatic carbocycles. The van der Waals surface area contributed by atoms with E-state index in [9.17, 15) is 4.79 Å². The molecule has 0 unspecified atom stereocenters. The molecule has 2 rings (SSSR count). The molecule has 6 N–H and O–H groups in total. The monoisotopic (exact) mass is 373 g/mol. The quantitative estimate of drug-likeness (QED) is 0.513. The van der Waals surface area contributed by atoms with Crippen molar-refractivity contribution in [2.45, 2.75) is 13.0 Å². The molecule has 9 heteroatoms. The van der Waals surface area contributed by atoms with Crippen LogP contribution in [0.2, 0.25) is 0 Å². The predicted octanol–water partition coefficient (Wildman–Crippen LogP) is 1.08. The second kappa shape index (κ2) is 9.15. The molecule has 146 valence electrons. The average molecular weight is 373 g/mol. The van der Waals surface area contributed by atoms with Gasteiger partial charge in [-0.05, 0) is 30.7 Å². The molecular formula is C18H27N7O2. The molecule has 0 saturated carbocycles. The fraction of sp³-hybridized carbons (Fsp3) is 0.389. The maximum Gasteiger partial charge on any atom is 0.254 e. The van der Waals surface area contributed by atoms with Gasteiger partial charge in [-0.25, -0.2) is 4.98 Å². The van der Waals surface area contributed by atoms with Crippen molar-refractivity contribution in [3.05, 3.63) is 35.5 Å². The van der Waals surface area contributed by atoms with Crippen LogP contribution in [-0.4, -0.2) is 56.3 Å². The van der Waals surface area contributed by atoms with Gasteiger partial charge in [0.1, 0.15) is 11.4 Å². The van der Waals surface area contributed by atoms with Crippen molar-refractivity contribution in [2.75, 3.05) is 49.9 Å². The summed E-state index contributed by atoms with van der Waals surface area (Å²) in [5, 5.41) is 6.18. The lowest BCUT2D eigenvalue weighted by Crippen LogP contribution is -2.33. The van der Waals surface area contributed by atoms with Crippen LogP contribution < -0.4 is 27.0 Å². The van der Waals surface area contributed by atoms with Crippen molar-refractivity contribution in [3.8, 4) is 0 Å². The molecule has 1 aromatic carbocycles. The van der Waals surface area contributed by atoms with Gasteiger partial charge >= 0.3 is 0 Å². The van der Waals surface area contributed by atoms with Gasteiger partial charge in [-0.1, -0.05) is 0 Å². The number of nitrogens with two attached hydrogens (primary N) is 2. The molecule has 0 saturated heterocycles. The summed E-state index contributed by atoms with van der Waals surface area (Å²) in [6.07, 6.45) is 1.39. The molecule has 1 atom stereocenters. The highest BCUT2D eigenvalue weighted by Gasteiger charge is 2.14. The van der Waals surface area contributed by atoms with Gasteiger partial charge in [-0.3, -0.25) is 4.79 Å². The number of benzene rings is 1. The smallest absolute Gasteiger partial charge is 0.254 e. The second-order valence-corrected chi connectivity index (χ2v) is 6.44. The Balaban J connectivity index is 2.24. The van der Waals surface area contributed by atoms with E-state index in [2.05, 4.69) is 20.6 Å². The highest BCUT2D eigenvalue weighted by Crippen LogP contribution is 2.25. The number of nitrogens with zero attached hydrogens (tertiary/aromatic N) is 3. The third kappa shape index (κ3) is 5.53. The molecule has 0 bridgehead atoms. The molecule has 27 heavy (non-hydrogen) atoms. The van der Waals surface area contributed by atoms with Gasteiger partial charge in [0.25, 0.3) is 5.91 Å². The Morgan fingerprint density at radius 1 is 1.37 bits per heavy atom. The van der Waals surface area contributed by atoms with Crippen LogP contribution in [0.25, 0.3) is 0 Å². The van der Waals surface area contributed by atoms with Crippen LogP contribution in [0.1, 0.15) is 15.9 Å². The summed E-state index contributed by atoms with van der Waals surface area (Å²) in [5.74, 6) is 0.0646. The van der Waals surface area contributed by atoms with Gasteiger partial charge < -0.3 is 31.7 Å². The highest BCUT2D eigenvalue weighted by molar-refractivity contribution is 5.98. The number of rotatable bonds is 9. The molecule has 2 aromatic rings. The number of aryl methyl sites for hydroxylation is 1. The Bertz CT molecular complexity index is 795. The van der Waals surface area contributed by atoms with Gasteiger partial charge in [0.15, 0.2) is 0 Å². The van der Waals surface area contributed by atoms with E-state index in [0.29, 0.717) is 24.9 Å². The number of carbonyl (C=O) groups excluding carboxylic acids is 1. The molecule has 0 radical (unpaired) electrons. The Kier molecular flexibility index (Phi) is 6.91. The number of carbonyl (C=O) groups is 1. The van der Waals surface area contributed by atoms with E-state index >= 15 is 0 Å². The molecular weight excluding hydrogens is 346 g/mol. The molecule has 9 nitrogen and oxygen atoms in total. The van der Waals surface area contributed by atoms with Crippen LogP contribution in [0.15, 0.2) is 24.4 Å². The van der Waals surface area contributed by atoms with Gasteiger partial charge in [-0.15, -0.1) is 0 Å². The molecule has 0 aliphatic rings. The average Bonchev–Trinajstić information content (AvgIpc) is 2.60. The number of primary amides is 1. The standard InChI is InChI=1S/C18H27N7O2/c1-11-7-13(5-6-15(11)25(2)3)23-17-14(16(20)26)9-22-18(24-17)21-8-12(19)10-27-4/h5-7,9,12H,8,10,19H2,1-4H3,(H2,20,26)(H2,21,22,23,24)/t12-/m1/s1. The highest BCUT2D eigenvalue weighted by atomic mass is 16.5. The predicted molar refractivity (Wildman–Crippen MR) is 108 cm³/mol. The van der Waals surface area contributed by atoms with Gasteiger partial charge in [-0.2, -0.15) is 4.98 Å². The lowest BCUT2D eigenvalue weighted by atomic mass is 10.1. The van der Waals surface area contributed by atoms with Gasteiger partial charge in [0.2, 0.25) is 5.95 Å². The second-order valence-electron chi connectivity index (χ2n) is 6.44. The van der Waals surface area contributed by atoms with E-state index in [1.165, 1.54) is 6.20 Å². The summed E-state index contributed by atoms with van der Waals surface area (Å²) in [6.45, 7) is 2.86. The molecule has 1 aromatic heterocycles. The van der Waals surface area contributed by atoms with E-state index in [-0.39, 0.29) is 11.6 Å². The van der Waals surface area contributed by atoms with Crippen LogP contribution in [-0.2, 0) is 4.74 Å². The summed E-state index contributed by atoms with van der Waals surface area (Å²) >= 11 is 0. The Morgan fingerprint density at radius 2 is 2.11 bits per heavy atom. The largest absolute Gasteiger partial charge is 0.383 e. The summed E-state index contributed by atoms with van der Waals surface area (Å²) in [4.78, 5) is 22.2. The SMILES string of the molecule is COC[C@H](N)CNc1ncc(C(N)=O)c(Nc2ccc(N(C)C)c(C)c2)n1. The molecule has 0 spiro atoms. The van der Waals surface area contributed by atoms with E-state index < -0.39 is 5.91 Å². The number of nitrogens with one attached hydrogen (secondary N) is 2. The number of anilines is 4. The minimum Gasteiger partial charge on any atom is -0.383 e. The fourth-order valence-corrected chi connectivity index (χ4v) is 2.61. The normalized spacial score (nSPS) is 11.7. The minimum atomic E-state index is -0.609. The third-order valence-corrected chi connectivity index (χ3v) is 3.90. The van der Waals surface area contributed by atoms with Gasteiger partial charge in [0.05, 0.1) is 6.61 Å². The minimum absolute atomic E-state index is 0.202. The lowest BCUT2D eigenvalue weighted by molar-refractivity contribution is 0.100. The molecule has 0 fully saturated rings. The number of ether oxygens (including phenoxy) is 1. The summed E-state index contributed by atoms with van der Waals surface area (Å²) in [7, 11) is 5.55. The molecule has 1 heterocycles. The van der Waals surface area contributed by atoms with Gasteiger partial charge in [0, 0.05) is 51.4 Å². The number of amides is 1. The van der Waals surface area contributed by atoms with Crippen molar-refractivity contribution >= 4 is 29.0 Å². The van der Waals surface area contributed by atoms with E-state index in [0.717, 1.165) is 16.9 Å². The maximum absolute atomic E-state index is 11.7. The molecule has 1 amide bonds. The van der Waals surface area contributed by atoms with Crippen LogP contribution in [0, 0.1) is 6.92 Å².